The third-order valence-corrected chi connectivity index (χ3v) is 2.44. The van der Waals surface area contributed by atoms with Crippen molar-refractivity contribution in [3.8, 4) is 0 Å². The van der Waals surface area contributed by atoms with Gasteiger partial charge in [0.2, 0.25) is 0 Å². The average molecular weight is 254 g/mol. The summed E-state index contributed by atoms with van der Waals surface area (Å²) in [5.41, 5.74) is 6.17. The van der Waals surface area contributed by atoms with Gasteiger partial charge in [0.1, 0.15) is 5.69 Å². The van der Waals surface area contributed by atoms with E-state index in [0.29, 0.717) is 5.69 Å². The molecule has 0 aliphatic carbocycles. The topological polar surface area (TPSA) is 70.9 Å². The molecule has 2 aromatic rings. The quantitative estimate of drug-likeness (QED) is 0.770. The second kappa shape index (κ2) is 4.47. The first-order valence-electron chi connectivity index (χ1n) is 4.77. The van der Waals surface area contributed by atoms with Crippen LogP contribution < -0.4 is 11.1 Å². The number of nitrogens with two attached hydrogens (primary N) is 1. The van der Waals surface area contributed by atoms with E-state index in [9.17, 15) is 9.18 Å². The summed E-state index contributed by atoms with van der Waals surface area (Å²) in [4.78, 5) is 14.4. The zero-order valence-corrected chi connectivity index (χ0v) is 9.38. The van der Waals surface area contributed by atoms with Crippen LogP contribution in [-0.2, 0) is 0 Å². The van der Waals surface area contributed by atoms with Crippen molar-refractivity contribution in [2.75, 3.05) is 11.1 Å². The largest absolute Gasteiger partial charge is 0.397 e. The molecule has 0 aliphatic rings. The molecule has 0 fully saturated rings. The van der Waals surface area contributed by atoms with E-state index in [2.05, 4.69) is 10.3 Å². The van der Waals surface area contributed by atoms with Crippen molar-refractivity contribution in [2.45, 2.75) is 0 Å². The number of anilines is 2. The van der Waals surface area contributed by atoms with E-state index in [0.717, 1.165) is 0 Å². The van der Waals surface area contributed by atoms with Crippen LogP contribution in [0.2, 0.25) is 5.02 Å². The van der Waals surface area contributed by atoms with Crippen LogP contribution in [0.25, 0.3) is 0 Å². The van der Waals surface area contributed by atoms with Gasteiger partial charge in [0.15, 0.2) is 5.82 Å². The van der Waals surface area contributed by atoms with Crippen molar-refractivity contribution >= 4 is 28.9 Å². The molecule has 0 saturated carbocycles. The van der Waals surface area contributed by atoms with Gasteiger partial charge >= 0.3 is 0 Å². The Hall–Kier alpha value is -2.01. The molecule has 0 unspecified atom stereocenters. The average Bonchev–Trinajstić information content (AvgIpc) is 2.72. The molecule has 0 spiro atoms. The molecule has 4 N–H and O–H groups in total. The number of benzene rings is 1. The summed E-state index contributed by atoms with van der Waals surface area (Å²) >= 11 is 5.59. The van der Waals surface area contributed by atoms with Crippen LogP contribution in [0.3, 0.4) is 0 Å². The Morgan fingerprint density at radius 2 is 2.24 bits per heavy atom. The Balaban J connectivity index is 2.21. The van der Waals surface area contributed by atoms with Crippen LogP contribution in [0.4, 0.5) is 15.8 Å². The minimum absolute atomic E-state index is 0.0238. The van der Waals surface area contributed by atoms with Crippen molar-refractivity contribution in [3.05, 3.63) is 47.0 Å². The lowest BCUT2D eigenvalue weighted by Crippen LogP contribution is -2.13. The van der Waals surface area contributed by atoms with Gasteiger partial charge in [-0.25, -0.2) is 4.39 Å². The molecule has 1 aromatic heterocycles. The first-order chi connectivity index (χ1) is 8.08. The number of amides is 1. The number of nitrogen functional groups attached to an aromatic ring is 1. The molecule has 1 amide bonds. The Labute approximate surface area is 102 Å². The summed E-state index contributed by atoms with van der Waals surface area (Å²) < 4.78 is 13.5. The number of rotatable bonds is 2. The third kappa shape index (κ3) is 2.39. The van der Waals surface area contributed by atoms with Crippen molar-refractivity contribution in [1.29, 1.82) is 0 Å². The highest BCUT2D eigenvalue weighted by atomic mass is 35.5. The van der Waals surface area contributed by atoms with E-state index < -0.39 is 11.7 Å². The Morgan fingerprint density at radius 1 is 1.47 bits per heavy atom. The molecule has 1 heterocycles. The molecule has 0 saturated heterocycles. The molecule has 88 valence electrons. The van der Waals surface area contributed by atoms with Gasteiger partial charge in [0.25, 0.3) is 5.91 Å². The monoisotopic (exact) mass is 253 g/mol. The minimum Gasteiger partial charge on any atom is -0.397 e. The molecule has 0 bridgehead atoms. The number of H-pyrrole nitrogens is 1. The molecule has 1 aromatic carbocycles. The van der Waals surface area contributed by atoms with Crippen molar-refractivity contribution in [3.63, 3.8) is 0 Å². The Bertz CT molecular complexity index is 568. The van der Waals surface area contributed by atoms with Crippen molar-refractivity contribution in [1.82, 2.24) is 4.98 Å². The fourth-order valence-electron chi connectivity index (χ4n) is 1.33. The predicted octanol–water partition coefficient (Wildman–Crippen LogP) is 2.64. The van der Waals surface area contributed by atoms with Gasteiger partial charge in [-0.3, -0.25) is 4.79 Å². The lowest BCUT2D eigenvalue weighted by Gasteiger charge is -2.05. The third-order valence-electron chi connectivity index (χ3n) is 2.15. The molecule has 0 radical (unpaired) electrons. The normalized spacial score (nSPS) is 10.2. The second-order valence-corrected chi connectivity index (χ2v) is 3.81. The van der Waals surface area contributed by atoms with Gasteiger partial charge in [-0.15, -0.1) is 0 Å². The van der Waals surface area contributed by atoms with Crippen molar-refractivity contribution < 1.29 is 9.18 Å². The molecule has 17 heavy (non-hydrogen) atoms. The summed E-state index contributed by atoms with van der Waals surface area (Å²) in [5, 5.41) is 2.35. The minimum atomic E-state index is -0.665. The molecular weight excluding hydrogens is 245 g/mol. The standard InChI is InChI=1S/C11H9ClFN3O/c12-7-2-1-3-8(10(7)13)16-11(17)9-4-6(14)5-15-9/h1-5,15H,14H2,(H,16,17). The maximum Gasteiger partial charge on any atom is 0.272 e. The van der Waals surface area contributed by atoms with Crippen molar-refractivity contribution in [2.24, 2.45) is 0 Å². The molecule has 4 nitrogen and oxygen atoms in total. The van der Waals surface area contributed by atoms with Crippen LogP contribution in [-0.4, -0.2) is 10.9 Å². The fraction of sp³-hybridized carbons (Fsp3) is 0. The van der Waals surface area contributed by atoms with Gasteiger partial charge in [0.05, 0.1) is 10.7 Å². The second-order valence-electron chi connectivity index (χ2n) is 3.40. The lowest BCUT2D eigenvalue weighted by molar-refractivity contribution is 0.102. The van der Waals surface area contributed by atoms with E-state index in [-0.39, 0.29) is 16.4 Å². The number of hydrogen-bond acceptors (Lipinski definition) is 2. The summed E-state index contributed by atoms with van der Waals surface area (Å²) in [5.74, 6) is -1.15. The number of aromatic nitrogens is 1. The summed E-state index contributed by atoms with van der Waals surface area (Å²) in [6, 6.07) is 5.83. The maximum atomic E-state index is 13.5. The molecular formula is C11H9ClFN3O. The maximum absolute atomic E-state index is 13.5. The number of carbonyl (C=O) groups is 1. The Morgan fingerprint density at radius 3 is 2.88 bits per heavy atom. The highest BCUT2D eigenvalue weighted by molar-refractivity contribution is 6.31. The summed E-state index contributed by atoms with van der Waals surface area (Å²) in [6.07, 6.45) is 1.48. The van der Waals surface area contributed by atoms with Gasteiger partial charge in [-0.2, -0.15) is 0 Å². The van der Waals surface area contributed by atoms with Crippen LogP contribution >= 0.6 is 11.6 Å². The summed E-state index contributed by atoms with van der Waals surface area (Å²) in [7, 11) is 0. The van der Waals surface area contributed by atoms with Gasteiger partial charge in [-0.05, 0) is 18.2 Å². The van der Waals surface area contributed by atoms with Crippen LogP contribution in [0.1, 0.15) is 10.5 Å². The van der Waals surface area contributed by atoms with E-state index in [4.69, 9.17) is 17.3 Å². The first kappa shape index (κ1) is 11.5. The van der Waals surface area contributed by atoms with Crippen LogP contribution in [0, 0.1) is 5.82 Å². The number of aromatic amines is 1. The van der Waals surface area contributed by atoms with Gasteiger partial charge in [-0.1, -0.05) is 17.7 Å². The Kier molecular flexibility index (Phi) is 3.01. The molecule has 0 atom stereocenters. The van der Waals surface area contributed by atoms with E-state index in [1.807, 2.05) is 0 Å². The van der Waals surface area contributed by atoms with Crippen LogP contribution in [0.15, 0.2) is 30.5 Å². The van der Waals surface area contributed by atoms with Gasteiger partial charge in [0, 0.05) is 11.9 Å². The van der Waals surface area contributed by atoms with E-state index in [1.54, 1.807) is 6.07 Å². The lowest BCUT2D eigenvalue weighted by atomic mass is 10.3. The van der Waals surface area contributed by atoms with Crippen LogP contribution in [0.5, 0.6) is 0 Å². The zero-order chi connectivity index (χ0) is 12.4. The summed E-state index contributed by atoms with van der Waals surface area (Å²) in [6.45, 7) is 0. The molecule has 2 rings (SSSR count). The predicted molar refractivity (Wildman–Crippen MR) is 64.6 cm³/mol. The number of hydrogen-bond donors (Lipinski definition) is 3. The zero-order valence-electron chi connectivity index (χ0n) is 8.63. The fourth-order valence-corrected chi connectivity index (χ4v) is 1.51. The molecule has 6 heteroatoms. The highest BCUT2D eigenvalue weighted by Crippen LogP contribution is 2.22. The number of halogens is 2. The number of nitrogens with one attached hydrogen (secondary N) is 2. The van der Waals surface area contributed by atoms with Gasteiger partial charge < -0.3 is 16.0 Å². The first-order valence-corrected chi connectivity index (χ1v) is 5.15. The smallest absolute Gasteiger partial charge is 0.272 e. The van der Waals surface area contributed by atoms with E-state index in [1.165, 1.54) is 24.4 Å². The SMILES string of the molecule is Nc1c[nH]c(C(=O)Nc2cccc(Cl)c2F)c1. The number of carbonyl (C=O) groups excluding carboxylic acids is 1. The highest BCUT2D eigenvalue weighted by Gasteiger charge is 2.12. The van der Waals surface area contributed by atoms with E-state index >= 15 is 0 Å². The molecule has 0 aliphatic heterocycles.